The Balaban J connectivity index is 2.52. The summed E-state index contributed by atoms with van der Waals surface area (Å²) in [6.45, 7) is 3.21. The first-order chi connectivity index (χ1) is 8.69. The van der Waals surface area contributed by atoms with Gasteiger partial charge in [-0.25, -0.2) is 4.39 Å². The second-order valence-electron chi connectivity index (χ2n) is 4.93. The molecule has 0 aliphatic rings. The largest absolute Gasteiger partial charge is 0.484 e. The molecule has 1 N–H and O–H groups in total. The van der Waals surface area contributed by atoms with Gasteiger partial charge >= 0.3 is 0 Å². The number of likely N-dealkylation sites (N-methyl/N-ethyl adjacent to an activating group) is 1. The molecule has 0 unspecified atom stereocenters. The van der Waals surface area contributed by atoms with Gasteiger partial charge in [-0.05, 0) is 26.0 Å². The monoisotopic (exact) mass is 289 g/mol. The molecular formula is C13H17ClFNO3. The van der Waals surface area contributed by atoms with Gasteiger partial charge in [-0.15, -0.1) is 0 Å². The fourth-order valence-corrected chi connectivity index (χ4v) is 1.66. The van der Waals surface area contributed by atoms with Crippen LogP contribution in [0.2, 0.25) is 5.02 Å². The van der Waals surface area contributed by atoms with E-state index in [2.05, 4.69) is 0 Å². The van der Waals surface area contributed by atoms with E-state index in [-0.39, 0.29) is 24.1 Å². The number of hydrogen-bond donors (Lipinski definition) is 1. The van der Waals surface area contributed by atoms with Crippen molar-refractivity contribution in [1.82, 2.24) is 4.90 Å². The zero-order valence-electron chi connectivity index (χ0n) is 11.1. The first-order valence-electron chi connectivity index (χ1n) is 5.73. The summed E-state index contributed by atoms with van der Waals surface area (Å²) >= 11 is 5.60. The molecule has 0 aliphatic carbocycles. The average Bonchev–Trinajstić information content (AvgIpc) is 2.28. The maximum absolute atomic E-state index is 12.9. The molecule has 0 heterocycles. The van der Waals surface area contributed by atoms with Crippen molar-refractivity contribution in [2.75, 3.05) is 20.2 Å². The van der Waals surface area contributed by atoms with Crippen molar-refractivity contribution in [3.05, 3.63) is 29.0 Å². The second kappa shape index (κ2) is 6.21. The number of carbonyl (C=O) groups excluding carboxylic acids is 1. The molecule has 19 heavy (non-hydrogen) atoms. The zero-order chi connectivity index (χ0) is 14.6. The molecule has 0 spiro atoms. The van der Waals surface area contributed by atoms with E-state index in [1.807, 2.05) is 0 Å². The molecule has 0 aliphatic heterocycles. The first kappa shape index (κ1) is 15.7. The van der Waals surface area contributed by atoms with Crippen molar-refractivity contribution < 1.29 is 19.0 Å². The van der Waals surface area contributed by atoms with Gasteiger partial charge in [0.15, 0.2) is 6.61 Å². The Morgan fingerprint density at radius 3 is 2.68 bits per heavy atom. The molecule has 0 radical (unpaired) electrons. The van der Waals surface area contributed by atoms with Gasteiger partial charge in [0.1, 0.15) is 11.6 Å². The predicted octanol–water partition coefficient (Wildman–Crippen LogP) is 2.09. The summed E-state index contributed by atoms with van der Waals surface area (Å²) < 4.78 is 18.1. The Hall–Kier alpha value is -1.33. The summed E-state index contributed by atoms with van der Waals surface area (Å²) in [6, 6.07) is 3.87. The van der Waals surface area contributed by atoms with E-state index in [1.54, 1.807) is 20.9 Å². The van der Waals surface area contributed by atoms with Crippen LogP contribution < -0.4 is 4.74 Å². The SMILES string of the molecule is CN(CC(C)(C)O)C(=O)COc1ccc(F)c(Cl)c1. The van der Waals surface area contributed by atoms with Crippen molar-refractivity contribution in [2.45, 2.75) is 19.4 Å². The van der Waals surface area contributed by atoms with Gasteiger partial charge in [-0.1, -0.05) is 11.6 Å². The molecule has 1 amide bonds. The number of rotatable bonds is 5. The number of carbonyl (C=O) groups is 1. The normalized spacial score (nSPS) is 11.3. The molecule has 1 rings (SSSR count). The molecule has 0 saturated heterocycles. The molecule has 0 atom stereocenters. The molecule has 106 valence electrons. The lowest BCUT2D eigenvalue weighted by atomic mass is 10.1. The number of hydrogen-bond acceptors (Lipinski definition) is 3. The summed E-state index contributed by atoms with van der Waals surface area (Å²) in [4.78, 5) is 13.1. The highest BCUT2D eigenvalue weighted by molar-refractivity contribution is 6.30. The summed E-state index contributed by atoms with van der Waals surface area (Å²) in [5.41, 5.74) is -0.969. The maximum Gasteiger partial charge on any atom is 0.260 e. The van der Waals surface area contributed by atoms with E-state index in [9.17, 15) is 14.3 Å². The van der Waals surface area contributed by atoms with E-state index < -0.39 is 11.4 Å². The van der Waals surface area contributed by atoms with E-state index in [0.717, 1.165) is 0 Å². The van der Waals surface area contributed by atoms with Crippen molar-refractivity contribution in [3.63, 3.8) is 0 Å². The highest BCUT2D eigenvalue weighted by atomic mass is 35.5. The summed E-state index contributed by atoms with van der Waals surface area (Å²) in [6.07, 6.45) is 0. The lowest BCUT2D eigenvalue weighted by molar-refractivity contribution is -0.134. The van der Waals surface area contributed by atoms with E-state index in [1.165, 1.54) is 23.1 Å². The molecule has 0 fully saturated rings. The van der Waals surface area contributed by atoms with Crippen LogP contribution in [0.4, 0.5) is 4.39 Å². The predicted molar refractivity (Wildman–Crippen MR) is 70.8 cm³/mol. The Bertz CT molecular complexity index is 460. The Morgan fingerprint density at radius 1 is 1.53 bits per heavy atom. The van der Waals surface area contributed by atoms with Gasteiger partial charge in [0.25, 0.3) is 5.91 Å². The minimum absolute atomic E-state index is 0.0604. The smallest absolute Gasteiger partial charge is 0.260 e. The van der Waals surface area contributed by atoms with Crippen LogP contribution in [0.3, 0.4) is 0 Å². The molecule has 1 aromatic carbocycles. The fraction of sp³-hybridized carbons (Fsp3) is 0.462. The van der Waals surface area contributed by atoms with Gasteiger partial charge in [0.2, 0.25) is 0 Å². The highest BCUT2D eigenvalue weighted by Gasteiger charge is 2.19. The Morgan fingerprint density at radius 2 is 2.16 bits per heavy atom. The molecule has 4 nitrogen and oxygen atoms in total. The second-order valence-corrected chi connectivity index (χ2v) is 5.33. The third-order valence-electron chi connectivity index (χ3n) is 2.30. The van der Waals surface area contributed by atoms with Crippen LogP contribution >= 0.6 is 11.6 Å². The van der Waals surface area contributed by atoms with E-state index in [0.29, 0.717) is 5.75 Å². The lowest BCUT2D eigenvalue weighted by Gasteiger charge is -2.25. The third-order valence-corrected chi connectivity index (χ3v) is 2.59. The standard InChI is InChI=1S/C13H17ClFNO3/c1-13(2,18)8-16(3)12(17)7-19-9-4-5-11(15)10(14)6-9/h4-6,18H,7-8H2,1-3H3. The van der Waals surface area contributed by atoms with Crippen LogP contribution in [0.1, 0.15) is 13.8 Å². The van der Waals surface area contributed by atoms with Gasteiger partial charge < -0.3 is 14.7 Å². The lowest BCUT2D eigenvalue weighted by Crippen LogP contribution is -2.41. The van der Waals surface area contributed by atoms with Crippen molar-refractivity contribution in [1.29, 1.82) is 0 Å². The minimum Gasteiger partial charge on any atom is -0.484 e. The van der Waals surface area contributed by atoms with Crippen LogP contribution in [-0.2, 0) is 4.79 Å². The quantitative estimate of drug-likeness (QED) is 0.903. The van der Waals surface area contributed by atoms with Crippen LogP contribution in [0.15, 0.2) is 18.2 Å². The van der Waals surface area contributed by atoms with E-state index in [4.69, 9.17) is 16.3 Å². The highest BCUT2D eigenvalue weighted by Crippen LogP contribution is 2.21. The number of aliphatic hydroxyl groups is 1. The average molecular weight is 290 g/mol. The van der Waals surface area contributed by atoms with Gasteiger partial charge in [0, 0.05) is 19.7 Å². The molecule has 0 saturated carbocycles. The number of nitrogens with zero attached hydrogens (tertiary/aromatic N) is 1. The Labute approximate surface area is 116 Å². The maximum atomic E-state index is 12.9. The minimum atomic E-state index is -0.969. The van der Waals surface area contributed by atoms with Crippen LogP contribution in [-0.4, -0.2) is 41.7 Å². The first-order valence-corrected chi connectivity index (χ1v) is 6.11. The number of benzene rings is 1. The van der Waals surface area contributed by atoms with Crippen molar-refractivity contribution in [2.24, 2.45) is 0 Å². The molecule has 0 aromatic heterocycles. The molecule has 1 aromatic rings. The van der Waals surface area contributed by atoms with Gasteiger partial charge in [0.05, 0.1) is 10.6 Å². The van der Waals surface area contributed by atoms with E-state index >= 15 is 0 Å². The molecule has 0 bridgehead atoms. The van der Waals surface area contributed by atoms with Crippen LogP contribution in [0, 0.1) is 5.82 Å². The fourth-order valence-electron chi connectivity index (χ4n) is 1.49. The zero-order valence-corrected chi connectivity index (χ0v) is 11.9. The molecule has 6 heteroatoms. The van der Waals surface area contributed by atoms with Gasteiger partial charge in [-0.2, -0.15) is 0 Å². The number of amides is 1. The summed E-state index contributed by atoms with van der Waals surface area (Å²) in [5.74, 6) is -0.515. The van der Waals surface area contributed by atoms with Crippen LogP contribution in [0.25, 0.3) is 0 Å². The summed E-state index contributed by atoms with van der Waals surface area (Å²) in [7, 11) is 1.57. The van der Waals surface area contributed by atoms with Gasteiger partial charge in [-0.3, -0.25) is 4.79 Å². The number of halogens is 2. The van der Waals surface area contributed by atoms with Crippen molar-refractivity contribution >= 4 is 17.5 Å². The Kier molecular flexibility index (Phi) is 5.14. The topological polar surface area (TPSA) is 49.8 Å². The summed E-state index contributed by atoms with van der Waals surface area (Å²) in [5, 5.41) is 9.53. The third kappa shape index (κ3) is 5.44. The van der Waals surface area contributed by atoms with Crippen LogP contribution in [0.5, 0.6) is 5.75 Å². The van der Waals surface area contributed by atoms with Crippen molar-refractivity contribution in [3.8, 4) is 5.75 Å². The number of ether oxygens (including phenoxy) is 1. The molecular weight excluding hydrogens is 273 g/mol.